The zero-order valence-corrected chi connectivity index (χ0v) is 9.78. The summed E-state index contributed by atoms with van der Waals surface area (Å²) in [5, 5.41) is 3.32. The van der Waals surface area contributed by atoms with Crippen LogP contribution >= 0.6 is 12.4 Å². The Morgan fingerprint density at radius 2 is 2.14 bits per heavy atom. The topological polar surface area (TPSA) is 30.5 Å². The quantitative estimate of drug-likeness (QED) is 0.694. The molecule has 86 valence electrons. The fraction of sp³-hybridized carbons (Fsp3) is 1.00. The van der Waals surface area contributed by atoms with Crippen molar-refractivity contribution in [2.75, 3.05) is 32.9 Å². The maximum absolute atomic E-state index is 5.64. The van der Waals surface area contributed by atoms with E-state index >= 15 is 0 Å². The molecule has 0 aromatic rings. The summed E-state index contributed by atoms with van der Waals surface area (Å²) in [5.74, 6) is 0. The molecular weight excluding hydrogens is 202 g/mol. The molecular formula is C10H22ClNO2. The Labute approximate surface area is 92.9 Å². The Balaban J connectivity index is 0.00000169. The summed E-state index contributed by atoms with van der Waals surface area (Å²) in [6.45, 7) is 6.61. The van der Waals surface area contributed by atoms with Crippen molar-refractivity contribution in [3.05, 3.63) is 0 Å². The van der Waals surface area contributed by atoms with Gasteiger partial charge in [-0.2, -0.15) is 0 Å². The van der Waals surface area contributed by atoms with Gasteiger partial charge in [-0.3, -0.25) is 0 Å². The van der Waals surface area contributed by atoms with Crippen molar-refractivity contribution >= 4 is 12.4 Å². The van der Waals surface area contributed by atoms with Gasteiger partial charge in [-0.25, -0.2) is 0 Å². The van der Waals surface area contributed by atoms with Gasteiger partial charge in [0.1, 0.15) is 0 Å². The van der Waals surface area contributed by atoms with E-state index in [0.29, 0.717) is 6.10 Å². The van der Waals surface area contributed by atoms with Gasteiger partial charge in [0.2, 0.25) is 0 Å². The molecule has 0 spiro atoms. The number of hydrogen-bond acceptors (Lipinski definition) is 3. The number of hydrogen-bond donors (Lipinski definition) is 1. The first-order valence-corrected chi connectivity index (χ1v) is 5.33. The molecule has 3 nitrogen and oxygen atoms in total. The molecule has 1 unspecified atom stereocenters. The minimum Gasteiger partial charge on any atom is -0.379 e. The van der Waals surface area contributed by atoms with Crippen molar-refractivity contribution < 1.29 is 9.47 Å². The van der Waals surface area contributed by atoms with E-state index in [1.165, 1.54) is 12.8 Å². The zero-order valence-electron chi connectivity index (χ0n) is 8.96. The monoisotopic (exact) mass is 223 g/mol. The van der Waals surface area contributed by atoms with Crippen molar-refractivity contribution in [3.63, 3.8) is 0 Å². The number of halogens is 1. The summed E-state index contributed by atoms with van der Waals surface area (Å²) < 4.78 is 11.0. The lowest BCUT2D eigenvalue weighted by atomic mass is 10.1. The van der Waals surface area contributed by atoms with Crippen LogP contribution in [0.25, 0.3) is 0 Å². The van der Waals surface area contributed by atoms with Crippen LogP contribution in [0.2, 0.25) is 0 Å². The predicted molar refractivity (Wildman–Crippen MR) is 60.2 cm³/mol. The second-order valence-corrected chi connectivity index (χ2v) is 3.45. The molecule has 1 aliphatic rings. The van der Waals surface area contributed by atoms with Crippen LogP contribution in [-0.2, 0) is 9.47 Å². The van der Waals surface area contributed by atoms with Gasteiger partial charge in [-0.1, -0.05) is 6.92 Å². The third-order valence-corrected chi connectivity index (χ3v) is 2.18. The summed E-state index contributed by atoms with van der Waals surface area (Å²) >= 11 is 0. The van der Waals surface area contributed by atoms with E-state index in [0.717, 1.165) is 39.3 Å². The van der Waals surface area contributed by atoms with E-state index in [1.807, 2.05) is 0 Å². The lowest BCUT2D eigenvalue weighted by Gasteiger charge is -2.22. The van der Waals surface area contributed by atoms with Crippen molar-refractivity contribution in [2.24, 2.45) is 0 Å². The number of ether oxygens (including phenoxy) is 2. The molecule has 0 aromatic carbocycles. The minimum atomic E-state index is 0. The van der Waals surface area contributed by atoms with Crippen molar-refractivity contribution in [3.8, 4) is 0 Å². The summed E-state index contributed by atoms with van der Waals surface area (Å²) in [5.41, 5.74) is 0. The molecule has 0 bridgehead atoms. The van der Waals surface area contributed by atoms with Gasteiger partial charge in [0.25, 0.3) is 0 Å². The van der Waals surface area contributed by atoms with E-state index in [-0.39, 0.29) is 12.4 Å². The van der Waals surface area contributed by atoms with Gasteiger partial charge in [0, 0.05) is 13.2 Å². The van der Waals surface area contributed by atoms with Gasteiger partial charge >= 0.3 is 0 Å². The SMILES string of the molecule is CCCOCCOC1CCCNC1.Cl. The maximum Gasteiger partial charge on any atom is 0.0704 e. The molecule has 0 saturated carbocycles. The highest BCUT2D eigenvalue weighted by Crippen LogP contribution is 2.05. The smallest absolute Gasteiger partial charge is 0.0704 e. The third kappa shape index (κ3) is 6.60. The highest BCUT2D eigenvalue weighted by atomic mass is 35.5. The Kier molecular flexibility index (Phi) is 9.83. The summed E-state index contributed by atoms with van der Waals surface area (Å²) in [4.78, 5) is 0. The van der Waals surface area contributed by atoms with Crippen LogP contribution in [0.15, 0.2) is 0 Å². The molecule has 0 aromatic heterocycles. The van der Waals surface area contributed by atoms with Gasteiger partial charge in [0.15, 0.2) is 0 Å². The van der Waals surface area contributed by atoms with Crippen LogP contribution in [0.5, 0.6) is 0 Å². The molecule has 1 saturated heterocycles. The summed E-state index contributed by atoms with van der Waals surface area (Å²) in [6, 6.07) is 0. The van der Waals surface area contributed by atoms with Crippen LogP contribution in [0.1, 0.15) is 26.2 Å². The van der Waals surface area contributed by atoms with E-state index in [2.05, 4.69) is 12.2 Å². The Bertz CT molecular complexity index is 119. The lowest BCUT2D eigenvalue weighted by molar-refractivity contribution is -0.00414. The van der Waals surface area contributed by atoms with Gasteiger partial charge in [0.05, 0.1) is 19.3 Å². The molecule has 1 aliphatic heterocycles. The highest BCUT2D eigenvalue weighted by Gasteiger charge is 2.12. The number of nitrogens with one attached hydrogen (secondary N) is 1. The number of rotatable bonds is 6. The van der Waals surface area contributed by atoms with Crippen molar-refractivity contribution in [2.45, 2.75) is 32.3 Å². The van der Waals surface area contributed by atoms with E-state index in [4.69, 9.17) is 9.47 Å². The molecule has 0 aliphatic carbocycles. The van der Waals surface area contributed by atoms with Gasteiger partial charge in [-0.15, -0.1) is 12.4 Å². The average molecular weight is 224 g/mol. The highest BCUT2D eigenvalue weighted by molar-refractivity contribution is 5.85. The standard InChI is InChI=1S/C10H21NO2.ClH/c1-2-6-12-7-8-13-10-4-3-5-11-9-10;/h10-11H,2-9H2,1H3;1H. The average Bonchev–Trinajstić information content (AvgIpc) is 2.19. The van der Waals surface area contributed by atoms with Crippen LogP contribution in [-0.4, -0.2) is 39.0 Å². The van der Waals surface area contributed by atoms with Crippen LogP contribution in [0.4, 0.5) is 0 Å². The summed E-state index contributed by atoms with van der Waals surface area (Å²) in [6.07, 6.45) is 3.94. The summed E-state index contributed by atoms with van der Waals surface area (Å²) in [7, 11) is 0. The first-order valence-electron chi connectivity index (χ1n) is 5.33. The number of piperidine rings is 1. The molecule has 4 heteroatoms. The van der Waals surface area contributed by atoms with Crippen molar-refractivity contribution in [1.82, 2.24) is 5.32 Å². The Hall–Kier alpha value is 0.170. The third-order valence-electron chi connectivity index (χ3n) is 2.18. The lowest BCUT2D eigenvalue weighted by Crippen LogP contribution is -2.35. The fourth-order valence-electron chi connectivity index (χ4n) is 1.48. The first kappa shape index (κ1) is 14.2. The van der Waals surface area contributed by atoms with E-state index in [9.17, 15) is 0 Å². The van der Waals surface area contributed by atoms with Crippen LogP contribution in [0.3, 0.4) is 0 Å². The molecule has 1 atom stereocenters. The van der Waals surface area contributed by atoms with Crippen molar-refractivity contribution in [1.29, 1.82) is 0 Å². The normalized spacial score (nSPS) is 21.6. The molecule has 1 heterocycles. The van der Waals surface area contributed by atoms with Crippen LogP contribution < -0.4 is 5.32 Å². The molecule has 1 rings (SSSR count). The molecule has 0 radical (unpaired) electrons. The predicted octanol–water partition coefficient (Wildman–Crippen LogP) is 1.60. The maximum atomic E-state index is 5.64. The minimum absolute atomic E-state index is 0. The van der Waals surface area contributed by atoms with Gasteiger partial charge < -0.3 is 14.8 Å². The molecule has 1 N–H and O–H groups in total. The zero-order chi connectivity index (χ0) is 9.36. The van der Waals surface area contributed by atoms with Gasteiger partial charge in [-0.05, 0) is 25.8 Å². The largest absolute Gasteiger partial charge is 0.379 e. The Morgan fingerprint density at radius 1 is 1.29 bits per heavy atom. The second-order valence-electron chi connectivity index (χ2n) is 3.45. The van der Waals surface area contributed by atoms with Crippen LogP contribution in [0, 0.1) is 0 Å². The Morgan fingerprint density at radius 3 is 2.79 bits per heavy atom. The molecule has 14 heavy (non-hydrogen) atoms. The molecule has 0 amide bonds. The second kappa shape index (κ2) is 9.71. The first-order chi connectivity index (χ1) is 6.43. The fourth-order valence-corrected chi connectivity index (χ4v) is 1.48. The van der Waals surface area contributed by atoms with E-state index < -0.39 is 0 Å². The van der Waals surface area contributed by atoms with E-state index in [1.54, 1.807) is 0 Å². The molecule has 1 fully saturated rings.